The molecular formula is C29H39N5O2. The zero-order chi connectivity index (χ0) is 24.9. The summed E-state index contributed by atoms with van der Waals surface area (Å²) in [4.78, 5) is 33.9. The Labute approximate surface area is 213 Å². The highest BCUT2D eigenvalue weighted by Crippen LogP contribution is 2.33. The van der Waals surface area contributed by atoms with Crippen LogP contribution in [-0.2, 0) is 11.3 Å². The number of amides is 1. The number of piperidine rings is 1. The van der Waals surface area contributed by atoms with Crippen molar-refractivity contribution in [2.75, 3.05) is 25.0 Å². The highest BCUT2D eigenvalue weighted by molar-refractivity contribution is 5.93. The number of hydrogen-bond donors (Lipinski definition) is 1. The maximum atomic E-state index is 13.7. The number of para-hydroxylation sites is 2. The quantitative estimate of drug-likeness (QED) is 0.524. The number of carbonyl (C=O) groups excluding carboxylic acids is 1. The molecule has 0 radical (unpaired) electrons. The van der Waals surface area contributed by atoms with Crippen LogP contribution in [0.25, 0.3) is 11.0 Å². The van der Waals surface area contributed by atoms with Crippen molar-refractivity contribution in [3.63, 3.8) is 0 Å². The Kier molecular flexibility index (Phi) is 7.85. The van der Waals surface area contributed by atoms with E-state index in [0.29, 0.717) is 19.0 Å². The van der Waals surface area contributed by atoms with Crippen LogP contribution in [0.15, 0.2) is 53.6 Å². The third kappa shape index (κ3) is 5.26. The van der Waals surface area contributed by atoms with E-state index in [2.05, 4.69) is 15.2 Å². The van der Waals surface area contributed by atoms with Gasteiger partial charge in [-0.15, -0.1) is 0 Å². The molecule has 2 aromatic heterocycles. The van der Waals surface area contributed by atoms with Crippen LogP contribution in [0.1, 0.15) is 64.3 Å². The highest BCUT2D eigenvalue weighted by Gasteiger charge is 2.38. The fraction of sp³-hybridized carbons (Fsp3) is 0.552. The predicted molar refractivity (Wildman–Crippen MR) is 144 cm³/mol. The minimum absolute atomic E-state index is 0.0149. The van der Waals surface area contributed by atoms with Crippen LogP contribution in [-0.4, -0.2) is 44.6 Å². The maximum absolute atomic E-state index is 13.7. The van der Waals surface area contributed by atoms with Crippen molar-refractivity contribution in [3.05, 3.63) is 59.3 Å². The lowest BCUT2D eigenvalue weighted by molar-refractivity contribution is -0.123. The Balaban J connectivity index is 1.44. The summed E-state index contributed by atoms with van der Waals surface area (Å²) in [6.45, 7) is 5.26. The van der Waals surface area contributed by atoms with E-state index in [9.17, 15) is 9.59 Å². The average Bonchev–Trinajstić information content (AvgIpc) is 3.17. The number of likely N-dealkylation sites (tertiary alicyclic amines) is 1. The number of carbonyl (C=O) groups is 1. The summed E-state index contributed by atoms with van der Waals surface area (Å²) in [6, 6.07) is 11.4. The van der Waals surface area contributed by atoms with Gasteiger partial charge >= 0.3 is 5.69 Å². The standard InChI is InChI=1S/C29H39N5O2/c1-2-33-26-12-8-9-13-27(26)34(29(33)36)25-16-19-32(20-22-10-6-4-3-5-7-11-22)21-24(25)28(35)31-23-14-17-30-18-15-23/h8-9,12-15,17-18,22,24-25H,2-7,10-11,16,19-21H2,1H3,(H,30,31,35)/t24-,25-/m0/s1. The van der Waals surface area contributed by atoms with Gasteiger partial charge in [0.2, 0.25) is 5.91 Å². The van der Waals surface area contributed by atoms with Crippen molar-refractivity contribution in [2.45, 2.75) is 70.9 Å². The summed E-state index contributed by atoms with van der Waals surface area (Å²) >= 11 is 0. The third-order valence-corrected chi connectivity index (χ3v) is 8.20. The van der Waals surface area contributed by atoms with Gasteiger partial charge in [-0.05, 0) is 56.4 Å². The van der Waals surface area contributed by atoms with Gasteiger partial charge in [0, 0.05) is 44.3 Å². The van der Waals surface area contributed by atoms with Gasteiger partial charge in [-0.3, -0.25) is 18.9 Å². The lowest BCUT2D eigenvalue weighted by Gasteiger charge is -2.40. The summed E-state index contributed by atoms with van der Waals surface area (Å²) in [5, 5.41) is 3.11. The Morgan fingerprint density at radius 1 is 0.972 bits per heavy atom. The van der Waals surface area contributed by atoms with E-state index in [1.54, 1.807) is 12.4 Å². The van der Waals surface area contributed by atoms with Gasteiger partial charge in [0.15, 0.2) is 0 Å². The molecule has 3 aromatic rings. The van der Waals surface area contributed by atoms with Crippen LogP contribution < -0.4 is 11.0 Å². The molecule has 1 aliphatic carbocycles. The third-order valence-electron chi connectivity index (χ3n) is 8.20. The number of rotatable bonds is 6. The molecule has 7 heteroatoms. The van der Waals surface area contributed by atoms with Crippen molar-refractivity contribution >= 4 is 22.6 Å². The maximum Gasteiger partial charge on any atom is 0.329 e. The van der Waals surface area contributed by atoms with Crippen LogP contribution in [0.5, 0.6) is 0 Å². The monoisotopic (exact) mass is 489 g/mol. The zero-order valence-corrected chi connectivity index (χ0v) is 21.4. The number of pyridine rings is 1. The number of hydrogen-bond acceptors (Lipinski definition) is 4. The molecule has 0 bridgehead atoms. The zero-order valence-electron chi connectivity index (χ0n) is 21.4. The van der Waals surface area contributed by atoms with E-state index in [1.165, 1.54) is 44.9 Å². The molecule has 1 saturated heterocycles. The number of aromatic nitrogens is 3. The van der Waals surface area contributed by atoms with Crippen molar-refractivity contribution in [2.24, 2.45) is 11.8 Å². The number of anilines is 1. The molecule has 0 spiro atoms. The molecule has 36 heavy (non-hydrogen) atoms. The van der Waals surface area contributed by atoms with Crippen LogP contribution >= 0.6 is 0 Å². The lowest BCUT2D eigenvalue weighted by Crippen LogP contribution is -2.49. The normalized spacial score (nSPS) is 22.2. The van der Waals surface area contributed by atoms with Crippen LogP contribution in [0.3, 0.4) is 0 Å². The molecule has 1 saturated carbocycles. The van der Waals surface area contributed by atoms with Crippen molar-refractivity contribution in [1.29, 1.82) is 0 Å². The molecule has 3 heterocycles. The van der Waals surface area contributed by atoms with Crippen LogP contribution in [0.2, 0.25) is 0 Å². The minimum Gasteiger partial charge on any atom is -0.326 e. The first kappa shape index (κ1) is 24.8. The number of fused-ring (bicyclic) bond motifs is 1. The SMILES string of the molecule is CCn1c(=O)n([C@H]2CCN(CC3CCCCCCC3)C[C@@H]2C(=O)Nc2ccncc2)c2ccccc21. The fourth-order valence-corrected chi connectivity index (χ4v) is 6.36. The number of nitrogens with one attached hydrogen (secondary N) is 1. The molecule has 2 fully saturated rings. The van der Waals surface area contributed by atoms with Gasteiger partial charge in [-0.2, -0.15) is 0 Å². The Morgan fingerprint density at radius 2 is 1.67 bits per heavy atom. The fourth-order valence-electron chi connectivity index (χ4n) is 6.36. The molecule has 2 atom stereocenters. The van der Waals surface area contributed by atoms with Crippen molar-refractivity contribution < 1.29 is 4.79 Å². The summed E-state index contributed by atoms with van der Waals surface area (Å²) < 4.78 is 3.73. The lowest BCUT2D eigenvalue weighted by atomic mass is 9.87. The average molecular weight is 490 g/mol. The van der Waals surface area contributed by atoms with E-state index < -0.39 is 0 Å². The van der Waals surface area contributed by atoms with Gasteiger partial charge in [0.05, 0.1) is 23.0 Å². The molecule has 7 nitrogen and oxygen atoms in total. The van der Waals surface area contributed by atoms with Crippen LogP contribution in [0.4, 0.5) is 5.69 Å². The Morgan fingerprint density at radius 3 is 2.39 bits per heavy atom. The number of benzene rings is 1. The number of nitrogens with zero attached hydrogens (tertiary/aromatic N) is 4. The second-order valence-corrected chi connectivity index (χ2v) is 10.5. The second-order valence-electron chi connectivity index (χ2n) is 10.5. The molecule has 2 aliphatic rings. The number of imidazole rings is 1. The van der Waals surface area contributed by atoms with Gasteiger partial charge < -0.3 is 10.2 Å². The van der Waals surface area contributed by atoms with Gasteiger partial charge in [-0.25, -0.2) is 4.79 Å². The smallest absolute Gasteiger partial charge is 0.326 e. The largest absolute Gasteiger partial charge is 0.329 e. The Hall–Kier alpha value is -2.93. The van der Waals surface area contributed by atoms with Crippen molar-refractivity contribution in [3.8, 4) is 0 Å². The van der Waals surface area contributed by atoms with E-state index in [0.717, 1.165) is 36.2 Å². The predicted octanol–water partition coefficient (Wildman–Crippen LogP) is 5.08. The first-order valence-corrected chi connectivity index (χ1v) is 13.8. The summed E-state index contributed by atoms with van der Waals surface area (Å²) in [7, 11) is 0. The topological polar surface area (TPSA) is 72.2 Å². The summed E-state index contributed by atoms with van der Waals surface area (Å²) in [5.74, 6) is 0.374. The molecule has 192 valence electrons. The Bertz CT molecular complexity index is 1210. The van der Waals surface area contributed by atoms with Crippen molar-refractivity contribution in [1.82, 2.24) is 19.0 Å². The molecule has 1 aromatic carbocycles. The number of aryl methyl sites for hydroxylation is 1. The van der Waals surface area contributed by atoms with Crippen LogP contribution in [0, 0.1) is 11.8 Å². The van der Waals surface area contributed by atoms with E-state index >= 15 is 0 Å². The second kappa shape index (κ2) is 11.4. The van der Waals surface area contributed by atoms with Gasteiger partial charge in [0.1, 0.15) is 0 Å². The van der Waals surface area contributed by atoms with Gasteiger partial charge in [0.25, 0.3) is 0 Å². The molecule has 1 amide bonds. The first-order chi connectivity index (χ1) is 17.7. The summed E-state index contributed by atoms with van der Waals surface area (Å²) in [6.07, 6.45) is 13.4. The molecule has 0 unspecified atom stereocenters. The molecule has 1 N–H and O–H groups in total. The van der Waals surface area contributed by atoms with Gasteiger partial charge in [-0.1, -0.05) is 44.2 Å². The van der Waals surface area contributed by atoms with E-state index in [4.69, 9.17) is 0 Å². The molecule has 1 aliphatic heterocycles. The summed E-state index contributed by atoms with van der Waals surface area (Å²) in [5.41, 5.74) is 2.59. The highest BCUT2D eigenvalue weighted by atomic mass is 16.2. The molecular weight excluding hydrogens is 450 g/mol. The molecule has 5 rings (SSSR count). The van der Waals surface area contributed by atoms with E-state index in [-0.39, 0.29) is 23.6 Å². The van der Waals surface area contributed by atoms with E-state index in [1.807, 2.05) is 52.5 Å². The first-order valence-electron chi connectivity index (χ1n) is 13.8. The minimum atomic E-state index is -0.311.